The minimum atomic E-state index is -0.157. The van der Waals surface area contributed by atoms with Gasteiger partial charge < -0.3 is 20.1 Å². The first kappa shape index (κ1) is 23.9. The molecule has 2 N–H and O–H groups in total. The van der Waals surface area contributed by atoms with Crippen LogP contribution in [0, 0.1) is 0 Å². The first-order valence-corrected chi connectivity index (χ1v) is 13.1. The maximum atomic E-state index is 12.8. The molecule has 0 unspecified atom stereocenters. The molecule has 3 aromatic carbocycles. The number of benzene rings is 3. The number of thiocarbonyl (C=S) groups is 1. The molecular weight excluding hydrogens is 490 g/mol. The molecule has 38 heavy (non-hydrogen) atoms. The van der Waals surface area contributed by atoms with Gasteiger partial charge in [-0.1, -0.05) is 54.6 Å². The average Bonchev–Trinajstić information content (AvgIpc) is 3.57. The summed E-state index contributed by atoms with van der Waals surface area (Å²) in [5.74, 6) is -0.0519. The zero-order valence-electron chi connectivity index (χ0n) is 20.7. The summed E-state index contributed by atoms with van der Waals surface area (Å²) in [5.41, 5.74) is 3.84. The van der Waals surface area contributed by atoms with Crippen LogP contribution in [0.5, 0.6) is 0 Å². The van der Waals surface area contributed by atoms with Crippen LogP contribution in [0.25, 0.3) is 16.5 Å². The smallest absolute Gasteiger partial charge is 0.226 e. The summed E-state index contributed by atoms with van der Waals surface area (Å²) in [7, 11) is 0. The van der Waals surface area contributed by atoms with Crippen LogP contribution in [0.1, 0.15) is 29.9 Å². The van der Waals surface area contributed by atoms with Crippen molar-refractivity contribution in [3.63, 3.8) is 0 Å². The van der Waals surface area contributed by atoms with E-state index in [1.165, 1.54) is 10.8 Å². The molecule has 188 valence electrons. The summed E-state index contributed by atoms with van der Waals surface area (Å²) in [4.78, 5) is 19.6. The molecule has 0 bridgehead atoms. The van der Waals surface area contributed by atoms with Crippen molar-refractivity contribution in [2.24, 2.45) is 0 Å². The second-order valence-corrected chi connectivity index (χ2v) is 9.71. The molecular formula is C31H27N5OS. The fourth-order valence-electron chi connectivity index (χ4n) is 5.13. The van der Waals surface area contributed by atoms with Crippen LogP contribution < -0.4 is 10.6 Å². The Labute approximate surface area is 226 Å². The predicted octanol–water partition coefficient (Wildman–Crippen LogP) is 6.03. The van der Waals surface area contributed by atoms with Crippen molar-refractivity contribution in [3.05, 3.63) is 127 Å². The van der Waals surface area contributed by atoms with Crippen molar-refractivity contribution in [2.75, 3.05) is 11.9 Å². The minimum absolute atomic E-state index is 0.0519. The molecule has 1 fully saturated rings. The summed E-state index contributed by atoms with van der Waals surface area (Å²) in [6.07, 6.45) is 4.19. The molecule has 7 heteroatoms. The lowest BCUT2D eigenvalue weighted by Crippen LogP contribution is -2.33. The van der Waals surface area contributed by atoms with Crippen LogP contribution in [0.4, 0.5) is 5.69 Å². The Morgan fingerprint density at radius 2 is 1.68 bits per heavy atom. The fraction of sp³-hybridized carbons (Fsp3) is 0.129. The Kier molecular flexibility index (Phi) is 6.58. The second kappa shape index (κ2) is 10.5. The third-order valence-electron chi connectivity index (χ3n) is 6.93. The third kappa shape index (κ3) is 4.76. The Morgan fingerprint density at radius 1 is 0.895 bits per heavy atom. The molecule has 1 amide bonds. The first-order chi connectivity index (χ1) is 18.7. The molecule has 6 rings (SSSR count). The standard InChI is InChI=1S/C31H27N5OS/c37-28(33-24-11-2-1-3-12-24)17-20-36-30(29(34-31(36)38)26-13-6-7-18-32-26)27-14-8-19-35(27)25-16-15-22-9-4-5-10-23(22)21-25/h1-16,18-19,21,29-30H,17,20H2,(H,33,37)(H,34,38)/t29-,30-/m1/s1. The monoisotopic (exact) mass is 517 g/mol. The van der Waals surface area contributed by atoms with E-state index in [2.05, 4.69) is 85.9 Å². The molecule has 1 aliphatic rings. The normalized spacial score (nSPS) is 16.9. The Morgan fingerprint density at radius 3 is 2.50 bits per heavy atom. The summed E-state index contributed by atoms with van der Waals surface area (Å²) < 4.78 is 2.21. The van der Waals surface area contributed by atoms with Gasteiger partial charge >= 0.3 is 0 Å². The number of amides is 1. The molecule has 5 aromatic rings. The molecule has 0 saturated carbocycles. The van der Waals surface area contributed by atoms with E-state index < -0.39 is 0 Å². The van der Waals surface area contributed by atoms with Crippen LogP contribution in [-0.2, 0) is 4.79 Å². The highest BCUT2D eigenvalue weighted by Gasteiger charge is 2.41. The van der Waals surface area contributed by atoms with E-state index in [1.54, 1.807) is 6.20 Å². The number of nitrogens with zero attached hydrogens (tertiary/aromatic N) is 3. The highest BCUT2D eigenvalue weighted by atomic mass is 32.1. The zero-order chi connectivity index (χ0) is 25.9. The number of fused-ring (bicyclic) bond motifs is 1. The molecule has 3 heterocycles. The second-order valence-electron chi connectivity index (χ2n) is 9.32. The van der Waals surface area contributed by atoms with Crippen molar-refractivity contribution in [2.45, 2.75) is 18.5 Å². The molecule has 2 atom stereocenters. The van der Waals surface area contributed by atoms with Gasteiger partial charge in [0.05, 0.1) is 17.8 Å². The Bertz CT molecular complexity index is 1580. The fourth-order valence-corrected chi connectivity index (χ4v) is 5.46. The van der Waals surface area contributed by atoms with E-state index in [1.807, 2.05) is 48.5 Å². The number of hydrogen-bond donors (Lipinski definition) is 2. The maximum Gasteiger partial charge on any atom is 0.226 e. The van der Waals surface area contributed by atoms with Gasteiger partial charge in [-0.05, 0) is 71.5 Å². The SMILES string of the molecule is O=C(CCN1C(=S)N[C@H](c2ccccn2)[C@H]1c1cccn1-c1ccc2ccccc2c1)Nc1ccccc1. The predicted molar refractivity (Wildman–Crippen MR) is 155 cm³/mol. The van der Waals surface area contributed by atoms with Gasteiger partial charge in [0.1, 0.15) is 0 Å². The molecule has 6 nitrogen and oxygen atoms in total. The lowest BCUT2D eigenvalue weighted by Gasteiger charge is -2.29. The number of pyridine rings is 1. The summed E-state index contributed by atoms with van der Waals surface area (Å²) >= 11 is 5.82. The van der Waals surface area contributed by atoms with Crippen LogP contribution in [0.15, 0.2) is 116 Å². The van der Waals surface area contributed by atoms with Gasteiger partial charge in [-0.2, -0.15) is 0 Å². The van der Waals surface area contributed by atoms with Gasteiger partial charge in [-0.3, -0.25) is 9.78 Å². The topological polar surface area (TPSA) is 62.2 Å². The van der Waals surface area contributed by atoms with Gasteiger partial charge in [0.15, 0.2) is 5.11 Å². The number of aromatic nitrogens is 2. The van der Waals surface area contributed by atoms with Crippen LogP contribution in [0.3, 0.4) is 0 Å². The van der Waals surface area contributed by atoms with Crippen molar-refractivity contribution in [1.82, 2.24) is 19.8 Å². The number of anilines is 1. The molecule has 0 spiro atoms. The van der Waals surface area contributed by atoms with Crippen LogP contribution in [-0.4, -0.2) is 32.0 Å². The molecule has 0 aliphatic carbocycles. The van der Waals surface area contributed by atoms with E-state index in [9.17, 15) is 4.79 Å². The molecule has 1 saturated heterocycles. The van der Waals surface area contributed by atoms with Crippen LogP contribution >= 0.6 is 12.2 Å². The maximum absolute atomic E-state index is 12.8. The largest absolute Gasteiger partial charge is 0.352 e. The van der Waals surface area contributed by atoms with Crippen LogP contribution in [0.2, 0.25) is 0 Å². The third-order valence-corrected chi connectivity index (χ3v) is 7.28. The van der Waals surface area contributed by atoms with E-state index in [0.29, 0.717) is 18.1 Å². The molecule has 2 aromatic heterocycles. The van der Waals surface area contributed by atoms with E-state index in [4.69, 9.17) is 12.2 Å². The average molecular weight is 518 g/mol. The number of hydrogen-bond acceptors (Lipinski definition) is 3. The van der Waals surface area contributed by atoms with Crippen molar-refractivity contribution in [1.29, 1.82) is 0 Å². The number of carbonyl (C=O) groups excluding carboxylic acids is 1. The van der Waals surface area contributed by atoms with E-state index >= 15 is 0 Å². The van der Waals surface area contributed by atoms with Crippen molar-refractivity contribution >= 4 is 39.7 Å². The molecule has 0 radical (unpaired) electrons. The number of carbonyl (C=O) groups is 1. The highest BCUT2D eigenvalue weighted by Crippen LogP contribution is 2.39. The van der Waals surface area contributed by atoms with Crippen molar-refractivity contribution < 1.29 is 4.79 Å². The minimum Gasteiger partial charge on any atom is -0.352 e. The van der Waals surface area contributed by atoms with E-state index in [0.717, 1.165) is 22.8 Å². The first-order valence-electron chi connectivity index (χ1n) is 12.7. The zero-order valence-corrected chi connectivity index (χ0v) is 21.5. The number of para-hydroxylation sites is 1. The van der Waals surface area contributed by atoms with E-state index in [-0.39, 0.29) is 18.0 Å². The summed E-state index contributed by atoms with van der Waals surface area (Å²) in [5, 5.41) is 9.47. The quantitative estimate of drug-likeness (QED) is 0.258. The summed E-state index contributed by atoms with van der Waals surface area (Å²) in [6.45, 7) is 0.474. The lowest BCUT2D eigenvalue weighted by atomic mass is 10.0. The summed E-state index contributed by atoms with van der Waals surface area (Å²) in [6, 6.07) is 34.1. The number of rotatable bonds is 7. The lowest BCUT2D eigenvalue weighted by molar-refractivity contribution is -0.116. The highest BCUT2D eigenvalue weighted by molar-refractivity contribution is 7.80. The van der Waals surface area contributed by atoms with Crippen molar-refractivity contribution in [3.8, 4) is 5.69 Å². The Balaban J connectivity index is 1.33. The number of nitrogens with one attached hydrogen (secondary N) is 2. The van der Waals surface area contributed by atoms with Gasteiger partial charge in [-0.15, -0.1) is 0 Å². The van der Waals surface area contributed by atoms with Gasteiger partial charge in [0.2, 0.25) is 5.91 Å². The van der Waals surface area contributed by atoms with Gasteiger partial charge in [0.25, 0.3) is 0 Å². The Hall–Kier alpha value is -4.49. The van der Waals surface area contributed by atoms with Gasteiger partial charge in [0, 0.05) is 42.4 Å². The molecule has 1 aliphatic heterocycles. The van der Waals surface area contributed by atoms with Gasteiger partial charge in [-0.25, -0.2) is 0 Å².